The van der Waals surface area contributed by atoms with Gasteiger partial charge in [0, 0.05) is 35.3 Å². The van der Waals surface area contributed by atoms with Gasteiger partial charge in [0.1, 0.15) is 4.90 Å². The SMILES string of the molecule is O=S(=O)(Nc1cc2c(cc1F)OC(F)(F)O2)c1cnc2c1ccc1ccc[nH]c12. The second-order valence-electron chi connectivity index (χ2n) is 6.27. The van der Waals surface area contributed by atoms with Crippen molar-refractivity contribution in [3.8, 4) is 11.5 Å². The van der Waals surface area contributed by atoms with E-state index in [9.17, 15) is 21.6 Å². The third-order valence-corrected chi connectivity index (χ3v) is 5.80. The summed E-state index contributed by atoms with van der Waals surface area (Å²) in [5, 5.41) is 1.15. The molecule has 29 heavy (non-hydrogen) atoms. The summed E-state index contributed by atoms with van der Waals surface area (Å²) < 4.78 is 76.7. The molecule has 0 spiro atoms. The summed E-state index contributed by atoms with van der Waals surface area (Å²) in [6.07, 6.45) is -1.12. The molecule has 0 atom stereocenters. The van der Waals surface area contributed by atoms with Gasteiger partial charge in [0.05, 0.1) is 16.7 Å². The average Bonchev–Trinajstić information content (AvgIpc) is 3.22. The number of nitrogens with one attached hydrogen (secondary N) is 2. The number of fused-ring (bicyclic) bond motifs is 4. The number of ether oxygens (including phenoxy) is 2. The summed E-state index contributed by atoms with van der Waals surface area (Å²) in [4.78, 5) is 6.99. The zero-order valence-electron chi connectivity index (χ0n) is 14.2. The molecule has 0 aliphatic carbocycles. The van der Waals surface area contributed by atoms with Gasteiger partial charge < -0.3 is 14.5 Å². The number of H-pyrrole nitrogens is 1. The normalized spacial score (nSPS) is 15.1. The number of sulfonamides is 1. The second-order valence-corrected chi connectivity index (χ2v) is 7.92. The van der Waals surface area contributed by atoms with Crippen molar-refractivity contribution in [1.29, 1.82) is 0 Å². The fourth-order valence-corrected chi connectivity index (χ4v) is 4.37. The van der Waals surface area contributed by atoms with Crippen LogP contribution >= 0.6 is 0 Å². The Morgan fingerprint density at radius 2 is 1.86 bits per heavy atom. The predicted molar refractivity (Wildman–Crippen MR) is 97.0 cm³/mol. The number of alkyl halides is 2. The van der Waals surface area contributed by atoms with E-state index in [1.807, 2.05) is 6.07 Å². The Kier molecular flexibility index (Phi) is 3.50. The van der Waals surface area contributed by atoms with Gasteiger partial charge in [-0.05, 0) is 6.07 Å². The summed E-state index contributed by atoms with van der Waals surface area (Å²) in [5.41, 5.74) is 0.504. The van der Waals surface area contributed by atoms with Crippen LogP contribution in [-0.2, 0) is 10.0 Å². The van der Waals surface area contributed by atoms with Crippen molar-refractivity contribution in [2.45, 2.75) is 11.2 Å². The molecule has 1 aliphatic heterocycles. The monoisotopic (exact) mass is 421 g/mol. The van der Waals surface area contributed by atoms with Gasteiger partial charge in [-0.15, -0.1) is 8.78 Å². The van der Waals surface area contributed by atoms with Crippen molar-refractivity contribution in [2.24, 2.45) is 0 Å². The summed E-state index contributed by atoms with van der Waals surface area (Å²) in [6, 6.07) is 8.36. The van der Waals surface area contributed by atoms with Crippen LogP contribution in [0.1, 0.15) is 0 Å². The first kappa shape index (κ1) is 17.6. The first-order chi connectivity index (χ1) is 13.7. The number of benzene rings is 2. The van der Waals surface area contributed by atoms with Gasteiger partial charge in [-0.25, -0.2) is 12.8 Å². The van der Waals surface area contributed by atoms with Gasteiger partial charge in [0.15, 0.2) is 17.3 Å². The maximum absolute atomic E-state index is 14.3. The molecule has 0 unspecified atom stereocenters. The van der Waals surface area contributed by atoms with E-state index < -0.39 is 39.3 Å². The van der Waals surface area contributed by atoms with Crippen LogP contribution in [0.2, 0.25) is 0 Å². The smallest absolute Gasteiger partial charge is 0.395 e. The largest absolute Gasteiger partial charge is 0.586 e. The minimum atomic E-state index is -4.28. The molecule has 148 valence electrons. The molecule has 5 rings (SSSR count). The first-order valence-corrected chi connectivity index (χ1v) is 9.69. The van der Waals surface area contributed by atoms with Crippen LogP contribution in [0.3, 0.4) is 0 Å². The van der Waals surface area contributed by atoms with Crippen molar-refractivity contribution < 1.29 is 31.1 Å². The van der Waals surface area contributed by atoms with E-state index in [1.54, 1.807) is 24.4 Å². The fraction of sp³-hybridized carbons (Fsp3) is 0.0556. The van der Waals surface area contributed by atoms with Gasteiger partial charge in [-0.3, -0.25) is 9.71 Å². The van der Waals surface area contributed by atoms with Crippen molar-refractivity contribution in [1.82, 2.24) is 9.97 Å². The Labute approximate surface area is 161 Å². The quantitative estimate of drug-likeness (QED) is 0.522. The van der Waals surface area contributed by atoms with Gasteiger partial charge in [-0.2, -0.15) is 0 Å². The Hall–Kier alpha value is -3.47. The van der Waals surface area contributed by atoms with E-state index >= 15 is 0 Å². The number of aromatic amines is 1. The number of halogens is 3. The molecule has 0 bridgehead atoms. The lowest BCUT2D eigenvalue weighted by Gasteiger charge is -2.09. The predicted octanol–water partition coefficient (Wildman–Crippen LogP) is 3.98. The zero-order valence-corrected chi connectivity index (χ0v) is 15.1. The van der Waals surface area contributed by atoms with E-state index in [2.05, 4.69) is 24.2 Å². The molecule has 0 saturated carbocycles. The molecular weight excluding hydrogens is 411 g/mol. The first-order valence-electron chi connectivity index (χ1n) is 8.20. The summed E-state index contributed by atoms with van der Waals surface area (Å²) >= 11 is 0. The fourth-order valence-electron chi connectivity index (χ4n) is 3.17. The number of hydrogen-bond acceptors (Lipinski definition) is 5. The van der Waals surface area contributed by atoms with E-state index in [1.165, 1.54) is 0 Å². The molecule has 1 aliphatic rings. The molecule has 7 nitrogen and oxygen atoms in total. The third-order valence-electron chi connectivity index (χ3n) is 4.41. The van der Waals surface area contributed by atoms with E-state index in [0.29, 0.717) is 22.5 Å². The van der Waals surface area contributed by atoms with Crippen LogP contribution in [0, 0.1) is 5.82 Å². The number of pyridine rings is 1. The second kappa shape index (κ2) is 5.77. The van der Waals surface area contributed by atoms with Gasteiger partial charge in [-0.1, -0.05) is 18.2 Å². The van der Waals surface area contributed by atoms with E-state index in [-0.39, 0.29) is 4.90 Å². The van der Waals surface area contributed by atoms with Crippen LogP contribution in [0.25, 0.3) is 21.8 Å². The highest BCUT2D eigenvalue weighted by atomic mass is 32.2. The Bertz CT molecular complexity index is 1400. The number of anilines is 1. The summed E-state index contributed by atoms with van der Waals surface area (Å²) in [6.45, 7) is 0. The van der Waals surface area contributed by atoms with Crippen molar-refractivity contribution in [3.63, 3.8) is 0 Å². The lowest BCUT2D eigenvalue weighted by molar-refractivity contribution is -0.286. The van der Waals surface area contributed by atoms with Crippen LogP contribution in [0.5, 0.6) is 11.5 Å². The van der Waals surface area contributed by atoms with Crippen LogP contribution in [0.4, 0.5) is 18.9 Å². The lowest BCUT2D eigenvalue weighted by atomic mass is 10.1. The molecule has 0 saturated heterocycles. The van der Waals surface area contributed by atoms with E-state index in [4.69, 9.17) is 0 Å². The zero-order chi connectivity index (χ0) is 20.4. The maximum Gasteiger partial charge on any atom is 0.586 e. The third kappa shape index (κ3) is 2.81. The van der Waals surface area contributed by atoms with E-state index in [0.717, 1.165) is 17.6 Å². The Balaban J connectivity index is 1.57. The van der Waals surface area contributed by atoms with Crippen LogP contribution in [0.15, 0.2) is 53.7 Å². The van der Waals surface area contributed by atoms with Gasteiger partial charge >= 0.3 is 6.29 Å². The highest BCUT2D eigenvalue weighted by Crippen LogP contribution is 2.43. The average molecular weight is 421 g/mol. The van der Waals surface area contributed by atoms with Crippen LogP contribution in [-0.4, -0.2) is 24.7 Å². The number of rotatable bonds is 3. The van der Waals surface area contributed by atoms with Crippen LogP contribution < -0.4 is 14.2 Å². The molecule has 3 heterocycles. The molecule has 0 fully saturated rings. The minimum Gasteiger partial charge on any atom is -0.395 e. The Morgan fingerprint density at radius 1 is 1.10 bits per heavy atom. The number of nitrogens with zero attached hydrogens (tertiary/aromatic N) is 1. The summed E-state index contributed by atoms with van der Waals surface area (Å²) in [7, 11) is -4.28. The lowest BCUT2D eigenvalue weighted by Crippen LogP contribution is -2.25. The topological polar surface area (TPSA) is 93.3 Å². The Morgan fingerprint density at radius 3 is 2.66 bits per heavy atom. The van der Waals surface area contributed by atoms with Crippen molar-refractivity contribution >= 4 is 37.5 Å². The van der Waals surface area contributed by atoms with Crippen molar-refractivity contribution in [2.75, 3.05) is 4.72 Å². The highest BCUT2D eigenvalue weighted by molar-refractivity contribution is 7.93. The molecule has 2 aromatic carbocycles. The molecule has 2 aromatic heterocycles. The van der Waals surface area contributed by atoms with Gasteiger partial charge in [0.2, 0.25) is 0 Å². The standard InChI is InChI=1S/C18H10F3N3O4S/c19-11-6-13-14(28-18(20,21)27-13)7-12(11)24-29(25,26)15-8-23-17-10(15)4-3-9-2-1-5-22-16(9)17/h1-8,22,24H. The maximum atomic E-state index is 14.3. The van der Waals surface area contributed by atoms with Gasteiger partial charge in [0.25, 0.3) is 10.0 Å². The molecule has 2 N–H and O–H groups in total. The molecular formula is C18H10F3N3O4S. The number of hydrogen-bond donors (Lipinski definition) is 2. The number of aromatic nitrogens is 2. The molecule has 0 amide bonds. The highest BCUT2D eigenvalue weighted by Gasteiger charge is 2.44. The molecule has 0 radical (unpaired) electrons. The molecule has 4 aromatic rings. The summed E-state index contributed by atoms with van der Waals surface area (Å²) in [5.74, 6) is -2.12. The minimum absolute atomic E-state index is 0.186. The van der Waals surface area contributed by atoms with Crippen molar-refractivity contribution in [3.05, 3.63) is 54.6 Å². The molecule has 11 heteroatoms.